The third-order valence-electron chi connectivity index (χ3n) is 2.23. The van der Waals surface area contributed by atoms with E-state index in [2.05, 4.69) is 56.4 Å². The second-order valence-corrected chi connectivity index (χ2v) is 4.46. The van der Waals surface area contributed by atoms with E-state index in [-0.39, 0.29) is 0 Å². The highest BCUT2D eigenvalue weighted by Gasteiger charge is 1.95. The van der Waals surface area contributed by atoms with Crippen molar-refractivity contribution < 1.29 is 0 Å². The van der Waals surface area contributed by atoms with Crippen molar-refractivity contribution >= 4 is 21.6 Å². The minimum absolute atomic E-state index is 0.864. The van der Waals surface area contributed by atoms with Gasteiger partial charge in [0.1, 0.15) is 0 Å². The van der Waals surface area contributed by atoms with Gasteiger partial charge in [0, 0.05) is 36.1 Å². The largest absolute Gasteiger partial charge is 0.381 e. The molecule has 0 saturated heterocycles. The van der Waals surface area contributed by atoms with Crippen LogP contribution in [0.3, 0.4) is 0 Å². The molecule has 2 nitrogen and oxygen atoms in total. The molecule has 78 valence electrons. The number of anilines is 1. The zero-order valence-electron chi connectivity index (χ0n) is 8.57. The van der Waals surface area contributed by atoms with Gasteiger partial charge in [0.25, 0.3) is 0 Å². The van der Waals surface area contributed by atoms with Crippen LogP contribution >= 0.6 is 15.9 Å². The van der Waals surface area contributed by atoms with Crippen LogP contribution in [0.4, 0.5) is 5.69 Å². The summed E-state index contributed by atoms with van der Waals surface area (Å²) in [4.78, 5) is 0. The van der Waals surface area contributed by atoms with E-state index in [0.29, 0.717) is 0 Å². The smallest absolute Gasteiger partial charge is 0.0415 e. The number of aryl methyl sites for hydroxylation is 1. The molecule has 0 atom stereocenters. The van der Waals surface area contributed by atoms with Crippen molar-refractivity contribution in [3.05, 3.63) is 52.8 Å². The molecule has 0 unspecified atom stereocenters. The summed E-state index contributed by atoms with van der Waals surface area (Å²) in [5, 5.41) is 3.37. The van der Waals surface area contributed by atoms with Gasteiger partial charge in [-0.15, -0.1) is 0 Å². The van der Waals surface area contributed by atoms with E-state index in [0.717, 1.165) is 16.7 Å². The Morgan fingerprint density at radius 3 is 2.53 bits per heavy atom. The van der Waals surface area contributed by atoms with Gasteiger partial charge in [-0.1, -0.05) is 15.9 Å². The Morgan fingerprint density at radius 1 is 1.20 bits per heavy atom. The van der Waals surface area contributed by atoms with Crippen molar-refractivity contribution in [3.63, 3.8) is 0 Å². The van der Waals surface area contributed by atoms with Gasteiger partial charge in [-0.05, 0) is 35.9 Å². The van der Waals surface area contributed by atoms with E-state index < -0.39 is 0 Å². The lowest BCUT2D eigenvalue weighted by molar-refractivity contribution is 0.920. The molecule has 0 aliphatic carbocycles. The van der Waals surface area contributed by atoms with E-state index in [4.69, 9.17) is 0 Å². The minimum Gasteiger partial charge on any atom is -0.381 e. The highest BCUT2D eigenvalue weighted by Crippen LogP contribution is 2.14. The SMILES string of the molecule is Cn1ccc(CNc2ccc(Br)cc2)c1. The van der Waals surface area contributed by atoms with Crippen LogP contribution in [0.5, 0.6) is 0 Å². The van der Waals surface area contributed by atoms with Gasteiger partial charge in [-0.25, -0.2) is 0 Å². The third kappa shape index (κ3) is 2.86. The topological polar surface area (TPSA) is 17.0 Å². The average molecular weight is 265 g/mol. The maximum atomic E-state index is 3.41. The Labute approximate surface area is 98.1 Å². The second-order valence-electron chi connectivity index (χ2n) is 3.55. The molecule has 0 fully saturated rings. The molecular formula is C12H13BrN2. The van der Waals surface area contributed by atoms with Crippen LogP contribution in [0.2, 0.25) is 0 Å². The standard InChI is InChI=1S/C12H13BrN2/c1-15-7-6-10(9-15)8-14-12-4-2-11(13)3-5-12/h2-7,9,14H,8H2,1H3. The molecule has 1 aromatic heterocycles. The van der Waals surface area contributed by atoms with Crippen molar-refractivity contribution in [2.24, 2.45) is 7.05 Å². The summed E-state index contributed by atoms with van der Waals surface area (Å²) in [5.41, 5.74) is 2.43. The number of hydrogen-bond acceptors (Lipinski definition) is 1. The summed E-state index contributed by atoms with van der Waals surface area (Å²) in [6, 6.07) is 10.3. The minimum atomic E-state index is 0.864. The predicted molar refractivity (Wildman–Crippen MR) is 66.9 cm³/mol. The van der Waals surface area contributed by atoms with E-state index in [1.165, 1.54) is 5.56 Å². The first-order valence-corrected chi connectivity index (χ1v) is 5.63. The fourth-order valence-corrected chi connectivity index (χ4v) is 1.70. The summed E-state index contributed by atoms with van der Waals surface area (Å²) < 4.78 is 3.16. The van der Waals surface area contributed by atoms with Crippen LogP contribution in [0.25, 0.3) is 0 Å². The molecule has 1 heterocycles. The van der Waals surface area contributed by atoms with Crippen molar-refractivity contribution in [1.82, 2.24) is 4.57 Å². The molecule has 0 amide bonds. The maximum absolute atomic E-state index is 3.41. The molecule has 0 radical (unpaired) electrons. The monoisotopic (exact) mass is 264 g/mol. The lowest BCUT2D eigenvalue weighted by atomic mass is 10.3. The first-order valence-electron chi connectivity index (χ1n) is 4.84. The first-order chi connectivity index (χ1) is 7.24. The lowest BCUT2D eigenvalue weighted by Gasteiger charge is -2.04. The molecular weight excluding hydrogens is 252 g/mol. The predicted octanol–water partition coefficient (Wildman–Crippen LogP) is 3.40. The summed E-state index contributed by atoms with van der Waals surface area (Å²) in [6.07, 6.45) is 4.17. The zero-order valence-corrected chi connectivity index (χ0v) is 10.2. The number of aromatic nitrogens is 1. The second kappa shape index (κ2) is 4.53. The van der Waals surface area contributed by atoms with Gasteiger partial charge >= 0.3 is 0 Å². The zero-order chi connectivity index (χ0) is 10.7. The molecule has 1 aromatic carbocycles. The Balaban J connectivity index is 1.96. The lowest BCUT2D eigenvalue weighted by Crippen LogP contribution is -1.97. The fraction of sp³-hybridized carbons (Fsp3) is 0.167. The quantitative estimate of drug-likeness (QED) is 0.900. The number of halogens is 1. The van der Waals surface area contributed by atoms with Crippen molar-refractivity contribution in [2.75, 3.05) is 5.32 Å². The van der Waals surface area contributed by atoms with Crippen LogP contribution < -0.4 is 5.32 Å². The van der Waals surface area contributed by atoms with E-state index in [1.807, 2.05) is 19.2 Å². The van der Waals surface area contributed by atoms with Gasteiger partial charge in [0.15, 0.2) is 0 Å². The highest BCUT2D eigenvalue weighted by molar-refractivity contribution is 9.10. The maximum Gasteiger partial charge on any atom is 0.0415 e. The molecule has 3 heteroatoms. The molecule has 0 aliphatic heterocycles. The number of nitrogens with one attached hydrogen (secondary N) is 1. The summed E-state index contributed by atoms with van der Waals surface area (Å²) >= 11 is 3.41. The summed E-state index contributed by atoms with van der Waals surface area (Å²) in [5.74, 6) is 0. The normalized spacial score (nSPS) is 10.3. The number of rotatable bonds is 3. The van der Waals surface area contributed by atoms with Gasteiger partial charge in [-0.2, -0.15) is 0 Å². The van der Waals surface area contributed by atoms with E-state index in [9.17, 15) is 0 Å². The Morgan fingerprint density at radius 2 is 1.93 bits per heavy atom. The number of benzene rings is 1. The highest BCUT2D eigenvalue weighted by atomic mass is 79.9. The third-order valence-corrected chi connectivity index (χ3v) is 2.76. The van der Waals surface area contributed by atoms with Crippen LogP contribution in [0, 0.1) is 0 Å². The van der Waals surface area contributed by atoms with Crippen LogP contribution in [0.1, 0.15) is 5.56 Å². The average Bonchev–Trinajstić information content (AvgIpc) is 2.64. The van der Waals surface area contributed by atoms with Crippen molar-refractivity contribution in [2.45, 2.75) is 6.54 Å². The number of nitrogens with zero attached hydrogens (tertiary/aromatic N) is 1. The molecule has 2 rings (SSSR count). The molecule has 2 aromatic rings. The van der Waals surface area contributed by atoms with Crippen LogP contribution in [0.15, 0.2) is 47.2 Å². The first kappa shape index (κ1) is 10.3. The molecule has 0 spiro atoms. The van der Waals surface area contributed by atoms with Gasteiger partial charge in [-0.3, -0.25) is 0 Å². The fourth-order valence-electron chi connectivity index (χ4n) is 1.44. The van der Waals surface area contributed by atoms with Gasteiger partial charge in [0.05, 0.1) is 0 Å². The summed E-state index contributed by atoms with van der Waals surface area (Å²) in [6.45, 7) is 0.864. The Bertz CT molecular complexity index is 431. The van der Waals surface area contributed by atoms with E-state index in [1.54, 1.807) is 0 Å². The molecule has 15 heavy (non-hydrogen) atoms. The van der Waals surface area contributed by atoms with Crippen molar-refractivity contribution in [3.8, 4) is 0 Å². The Kier molecular flexibility index (Phi) is 3.11. The van der Waals surface area contributed by atoms with Gasteiger partial charge in [0.2, 0.25) is 0 Å². The Hall–Kier alpha value is -1.22. The molecule has 1 N–H and O–H groups in total. The van der Waals surface area contributed by atoms with Crippen LogP contribution in [-0.4, -0.2) is 4.57 Å². The van der Waals surface area contributed by atoms with Gasteiger partial charge < -0.3 is 9.88 Å². The van der Waals surface area contributed by atoms with Crippen molar-refractivity contribution in [1.29, 1.82) is 0 Å². The summed E-state index contributed by atoms with van der Waals surface area (Å²) in [7, 11) is 2.03. The molecule has 0 bridgehead atoms. The number of hydrogen-bond donors (Lipinski definition) is 1. The molecule has 0 saturated carbocycles. The molecule has 0 aliphatic rings. The van der Waals surface area contributed by atoms with E-state index >= 15 is 0 Å². The van der Waals surface area contributed by atoms with Crippen LogP contribution in [-0.2, 0) is 13.6 Å².